The van der Waals surface area contributed by atoms with Crippen molar-refractivity contribution in [2.45, 2.75) is 6.42 Å². The molecule has 86 valence electrons. The molecule has 0 aliphatic rings. The van der Waals surface area contributed by atoms with E-state index in [0.717, 1.165) is 0 Å². The van der Waals surface area contributed by atoms with E-state index in [1.54, 1.807) is 0 Å². The van der Waals surface area contributed by atoms with Crippen LogP contribution in [0.2, 0.25) is 5.02 Å². The van der Waals surface area contributed by atoms with Gasteiger partial charge in [0.15, 0.2) is 0 Å². The van der Waals surface area contributed by atoms with Gasteiger partial charge in [-0.15, -0.1) is 0 Å². The minimum Gasteiger partial charge on any atom is -0.478 e. The lowest BCUT2D eigenvalue weighted by molar-refractivity contribution is 0.0697. The molecular weight excluding hydrogens is 242 g/mol. The van der Waals surface area contributed by atoms with Crippen molar-refractivity contribution >= 4 is 17.6 Å². The molecule has 0 aliphatic carbocycles. The van der Waals surface area contributed by atoms with Crippen molar-refractivity contribution in [3.8, 4) is 11.8 Å². The van der Waals surface area contributed by atoms with Crippen molar-refractivity contribution in [2.24, 2.45) is 5.11 Å². The van der Waals surface area contributed by atoms with Gasteiger partial charge in [0.2, 0.25) is 0 Å². The molecule has 6 heteroatoms. The number of azide groups is 1. The number of rotatable bonds is 3. The number of benzene rings is 1. The van der Waals surface area contributed by atoms with E-state index in [1.165, 1.54) is 18.2 Å². The number of carboxylic acids is 1. The minimum absolute atomic E-state index is 0.133. The van der Waals surface area contributed by atoms with Crippen LogP contribution in [-0.2, 0) is 0 Å². The topological polar surface area (TPSA) is 86.1 Å². The normalized spacial score (nSPS) is 8.76. The Morgan fingerprint density at radius 1 is 1.59 bits per heavy atom. The Labute approximate surface area is 103 Å². The zero-order valence-electron chi connectivity index (χ0n) is 8.72. The summed E-state index contributed by atoms with van der Waals surface area (Å²) in [7, 11) is 0. The molecule has 5 nitrogen and oxygen atoms in total. The van der Waals surface area contributed by atoms with Crippen LogP contribution < -0.4 is 0 Å². The third kappa shape index (κ3) is 4.07. The molecular formula is C11H8ClN3O2. The second-order valence-corrected chi connectivity index (χ2v) is 3.41. The highest BCUT2D eigenvalue weighted by Gasteiger charge is 2.05. The number of carboxylic acid groups (broad SMARTS) is 1. The number of aromatic carboxylic acids is 1. The van der Waals surface area contributed by atoms with Crippen molar-refractivity contribution in [1.82, 2.24) is 0 Å². The standard InChI is InChI=1S/C11H8ClN3O2/c12-10-5-4-9(11(16)17)7-8(10)3-1-2-6-14-15-13/h4-5,7H,2,6H2,(H,16,17). The number of nitrogens with zero attached hydrogens (tertiary/aromatic N) is 3. The van der Waals surface area contributed by atoms with Gasteiger partial charge in [-0.2, -0.15) is 0 Å². The first-order valence-electron chi connectivity index (χ1n) is 4.67. The average Bonchev–Trinajstić information content (AvgIpc) is 2.30. The third-order valence-corrected chi connectivity index (χ3v) is 2.17. The first-order valence-corrected chi connectivity index (χ1v) is 5.05. The molecule has 0 unspecified atom stereocenters. The SMILES string of the molecule is [N-]=[N+]=NCCC#Cc1cc(C(=O)O)ccc1Cl. The Morgan fingerprint density at radius 2 is 2.35 bits per heavy atom. The summed E-state index contributed by atoms with van der Waals surface area (Å²) in [6, 6.07) is 4.31. The maximum Gasteiger partial charge on any atom is 0.335 e. The smallest absolute Gasteiger partial charge is 0.335 e. The summed E-state index contributed by atoms with van der Waals surface area (Å²) in [6.45, 7) is 0.278. The van der Waals surface area contributed by atoms with Gasteiger partial charge in [-0.05, 0) is 23.7 Å². The molecule has 0 fully saturated rings. The van der Waals surface area contributed by atoms with Crippen molar-refractivity contribution in [1.29, 1.82) is 0 Å². The van der Waals surface area contributed by atoms with E-state index in [0.29, 0.717) is 17.0 Å². The van der Waals surface area contributed by atoms with E-state index in [9.17, 15) is 4.79 Å². The Bertz CT molecular complexity index is 539. The fourth-order valence-electron chi connectivity index (χ4n) is 1.06. The highest BCUT2D eigenvalue weighted by molar-refractivity contribution is 6.31. The van der Waals surface area contributed by atoms with Gasteiger partial charge in [-0.25, -0.2) is 4.79 Å². The lowest BCUT2D eigenvalue weighted by Gasteiger charge is -1.98. The number of hydrogen-bond donors (Lipinski definition) is 1. The molecule has 0 spiro atoms. The monoisotopic (exact) mass is 249 g/mol. The van der Waals surface area contributed by atoms with Crippen molar-refractivity contribution in [2.75, 3.05) is 6.54 Å². The number of hydrogen-bond acceptors (Lipinski definition) is 2. The summed E-state index contributed by atoms with van der Waals surface area (Å²) < 4.78 is 0. The molecule has 1 N–H and O–H groups in total. The van der Waals surface area contributed by atoms with Crippen molar-refractivity contribution in [3.63, 3.8) is 0 Å². The molecule has 0 saturated heterocycles. The van der Waals surface area contributed by atoms with Crippen molar-refractivity contribution < 1.29 is 9.90 Å². The Balaban J connectivity index is 2.85. The Hall–Kier alpha value is -2.15. The molecule has 0 amide bonds. The molecule has 0 heterocycles. The molecule has 0 aromatic heterocycles. The van der Waals surface area contributed by atoms with E-state index in [1.807, 2.05) is 0 Å². The summed E-state index contributed by atoms with van der Waals surface area (Å²) in [4.78, 5) is 13.3. The summed E-state index contributed by atoms with van der Waals surface area (Å²) in [5.41, 5.74) is 8.63. The van der Waals surface area contributed by atoms with E-state index in [2.05, 4.69) is 21.9 Å². The average molecular weight is 250 g/mol. The summed E-state index contributed by atoms with van der Waals surface area (Å²) in [5, 5.41) is 12.5. The summed E-state index contributed by atoms with van der Waals surface area (Å²) in [5.74, 6) is 4.46. The largest absolute Gasteiger partial charge is 0.478 e. The molecule has 1 aromatic carbocycles. The maximum absolute atomic E-state index is 10.7. The zero-order valence-corrected chi connectivity index (χ0v) is 9.48. The summed E-state index contributed by atoms with van der Waals surface area (Å²) >= 11 is 5.86. The van der Waals surface area contributed by atoms with Crippen molar-refractivity contribution in [3.05, 3.63) is 44.8 Å². The molecule has 0 atom stereocenters. The lowest BCUT2D eigenvalue weighted by atomic mass is 10.1. The molecule has 1 rings (SSSR count). The van der Waals surface area contributed by atoms with Crippen LogP contribution in [0.3, 0.4) is 0 Å². The molecule has 17 heavy (non-hydrogen) atoms. The predicted molar refractivity (Wildman–Crippen MR) is 63.9 cm³/mol. The van der Waals surface area contributed by atoms with E-state index >= 15 is 0 Å². The highest BCUT2D eigenvalue weighted by Crippen LogP contribution is 2.16. The van der Waals surface area contributed by atoms with Crippen LogP contribution in [0.25, 0.3) is 10.4 Å². The fourth-order valence-corrected chi connectivity index (χ4v) is 1.23. The van der Waals surface area contributed by atoms with Gasteiger partial charge in [0.05, 0.1) is 10.6 Å². The van der Waals surface area contributed by atoms with Gasteiger partial charge in [-0.1, -0.05) is 28.6 Å². The van der Waals surface area contributed by atoms with Crippen LogP contribution in [0.1, 0.15) is 22.3 Å². The van der Waals surface area contributed by atoms with E-state index in [4.69, 9.17) is 22.2 Å². The Kier molecular flexibility index (Phi) is 4.89. The molecule has 0 aliphatic heterocycles. The minimum atomic E-state index is -1.03. The zero-order chi connectivity index (χ0) is 12.7. The Morgan fingerprint density at radius 3 is 3.00 bits per heavy atom. The molecule has 0 radical (unpaired) electrons. The molecule has 0 bridgehead atoms. The van der Waals surface area contributed by atoms with Gasteiger partial charge >= 0.3 is 5.97 Å². The number of carbonyl (C=O) groups is 1. The quantitative estimate of drug-likeness (QED) is 0.293. The maximum atomic E-state index is 10.7. The van der Waals surface area contributed by atoms with E-state index < -0.39 is 5.97 Å². The van der Waals surface area contributed by atoms with Gasteiger partial charge in [-0.3, -0.25) is 0 Å². The number of halogens is 1. The van der Waals surface area contributed by atoms with Gasteiger partial charge in [0, 0.05) is 23.4 Å². The fraction of sp³-hybridized carbons (Fsp3) is 0.182. The third-order valence-electron chi connectivity index (χ3n) is 1.84. The van der Waals surface area contributed by atoms with Crippen LogP contribution >= 0.6 is 11.6 Å². The summed E-state index contributed by atoms with van der Waals surface area (Å²) in [6.07, 6.45) is 0.400. The van der Waals surface area contributed by atoms with Crippen LogP contribution in [-0.4, -0.2) is 17.6 Å². The van der Waals surface area contributed by atoms with Gasteiger partial charge in [0.25, 0.3) is 0 Å². The van der Waals surface area contributed by atoms with Crippen LogP contribution in [0.4, 0.5) is 0 Å². The first-order chi connectivity index (χ1) is 8.15. The highest BCUT2D eigenvalue weighted by atomic mass is 35.5. The van der Waals surface area contributed by atoms with Crippen LogP contribution in [0.5, 0.6) is 0 Å². The van der Waals surface area contributed by atoms with Gasteiger partial charge < -0.3 is 5.11 Å². The van der Waals surface area contributed by atoms with Crippen LogP contribution in [0, 0.1) is 11.8 Å². The lowest BCUT2D eigenvalue weighted by Crippen LogP contribution is -1.96. The second-order valence-electron chi connectivity index (χ2n) is 3.01. The predicted octanol–water partition coefficient (Wildman–Crippen LogP) is 3.09. The molecule has 0 saturated carbocycles. The first kappa shape index (κ1) is 12.9. The second kappa shape index (κ2) is 6.44. The molecule has 1 aromatic rings. The van der Waals surface area contributed by atoms with Crippen LogP contribution in [0.15, 0.2) is 23.3 Å². The van der Waals surface area contributed by atoms with E-state index in [-0.39, 0.29) is 12.1 Å². The van der Waals surface area contributed by atoms with Gasteiger partial charge in [0.1, 0.15) is 0 Å².